The number of aromatic nitrogens is 5. The summed E-state index contributed by atoms with van der Waals surface area (Å²) in [6, 6.07) is 97.8. The lowest BCUT2D eigenvalue weighted by Crippen LogP contribution is -2.74. The van der Waals surface area contributed by atoms with Crippen LogP contribution >= 0.6 is 0 Å². The van der Waals surface area contributed by atoms with Crippen molar-refractivity contribution in [1.29, 1.82) is 0 Å². The van der Waals surface area contributed by atoms with Crippen molar-refractivity contribution < 1.29 is 4.42 Å². The summed E-state index contributed by atoms with van der Waals surface area (Å²) >= 11 is 0. The molecule has 4 heterocycles. The summed E-state index contributed by atoms with van der Waals surface area (Å²) < 4.78 is 11.4. The molecule has 4 aromatic heterocycles. The Hall–Kier alpha value is -9.95. The molecule has 0 unspecified atom stereocenters. The molecule has 0 aliphatic rings. The van der Waals surface area contributed by atoms with Gasteiger partial charge in [-0.15, -0.1) is 0 Å². The van der Waals surface area contributed by atoms with Crippen LogP contribution < -0.4 is 20.7 Å². The van der Waals surface area contributed by atoms with Gasteiger partial charge in [0, 0.05) is 54.6 Å². The predicted molar refractivity (Wildman–Crippen MR) is 316 cm³/mol. The molecule has 0 saturated carbocycles. The van der Waals surface area contributed by atoms with Crippen molar-refractivity contribution in [3.8, 4) is 45.5 Å². The van der Waals surface area contributed by atoms with Crippen molar-refractivity contribution in [3.05, 3.63) is 273 Å². The molecule has 7 heteroatoms. The fourth-order valence-corrected chi connectivity index (χ4v) is 16.9. The molecule has 15 aromatic rings. The molecular formula is C69H45N5OSi. The molecule has 0 aliphatic heterocycles. The minimum absolute atomic E-state index is 0.510. The maximum atomic E-state index is 6.75. The van der Waals surface area contributed by atoms with E-state index in [1.54, 1.807) is 0 Å². The molecule has 0 N–H and O–H groups in total. The quantitative estimate of drug-likeness (QED) is 0.107. The van der Waals surface area contributed by atoms with E-state index in [1.165, 1.54) is 31.5 Å². The van der Waals surface area contributed by atoms with Gasteiger partial charge in [0.2, 0.25) is 5.95 Å². The normalized spacial score (nSPS) is 11.9. The van der Waals surface area contributed by atoms with E-state index in [0.29, 0.717) is 17.6 Å². The van der Waals surface area contributed by atoms with Crippen LogP contribution in [0.4, 0.5) is 0 Å². The summed E-state index contributed by atoms with van der Waals surface area (Å²) in [6.07, 6.45) is 0. The van der Waals surface area contributed by atoms with Gasteiger partial charge in [-0.05, 0) is 57.1 Å². The Balaban J connectivity index is 1.04. The molecule has 0 bridgehead atoms. The Labute approximate surface area is 439 Å². The van der Waals surface area contributed by atoms with Gasteiger partial charge in [0.25, 0.3) is 0 Å². The summed E-state index contributed by atoms with van der Waals surface area (Å²) in [5.74, 6) is 1.64. The van der Waals surface area contributed by atoms with Gasteiger partial charge in [-0.25, -0.2) is 4.98 Å². The van der Waals surface area contributed by atoms with Crippen molar-refractivity contribution in [2.24, 2.45) is 0 Å². The zero-order valence-corrected chi connectivity index (χ0v) is 42.1. The number of hydrogen-bond donors (Lipinski definition) is 0. The maximum absolute atomic E-state index is 6.75. The van der Waals surface area contributed by atoms with E-state index < -0.39 is 8.07 Å². The Morgan fingerprint density at radius 3 is 1.43 bits per heavy atom. The molecule has 0 atom stereocenters. The Bertz CT molecular complexity index is 4560. The number of hydrogen-bond acceptors (Lipinski definition) is 4. The van der Waals surface area contributed by atoms with E-state index in [1.807, 2.05) is 12.1 Å². The molecule has 0 amide bonds. The molecule has 356 valence electrons. The number of nitrogens with zero attached hydrogens (tertiary/aromatic N) is 5. The van der Waals surface area contributed by atoms with Crippen LogP contribution in [0, 0.1) is 0 Å². The largest absolute Gasteiger partial charge is 0.455 e. The first-order chi connectivity index (χ1) is 37.7. The fraction of sp³-hybridized carbons (Fsp3) is 0. The van der Waals surface area contributed by atoms with Gasteiger partial charge in [-0.1, -0.05) is 237 Å². The van der Waals surface area contributed by atoms with Crippen LogP contribution in [0.1, 0.15) is 0 Å². The summed E-state index contributed by atoms with van der Waals surface area (Å²) in [5.41, 5.74) is 10.6. The van der Waals surface area contributed by atoms with E-state index in [9.17, 15) is 0 Å². The third-order valence-electron chi connectivity index (χ3n) is 15.4. The number of benzene rings is 11. The Morgan fingerprint density at radius 2 is 0.776 bits per heavy atom. The van der Waals surface area contributed by atoms with Gasteiger partial charge in [0.1, 0.15) is 11.2 Å². The van der Waals surface area contributed by atoms with Gasteiger partial charge in [0.15, 0.2) is 19.7 Å². The highest BCUT2D eigenvalue weighted by Crippen LogP contribution is 2.43. The predicted octanol–water partition coefficient (Wildman–Crippen LogP) is 14.3. The van der Waals surface area contributed by atoms with Crippen LogP contribution in [-0.2, 0) is 0 Å². The van der Waals surface area contributed by atoms with E-state index in [2.05, 4.69) is 270 Å². The molecular weight excluding hydrogens is 943 g/mol. The molecule has 0 saturated heterocycles. The maximum Gasteiger partial charge on any atom is 0.238 e. The topological polar surface area (TPSA) is 61.7 Å². The van der Waals surface area contributed by atoms with E-state index in [-0.39, 0.29) is 0 Å². The molecule has 11 aromatic carbocycles. The zero-order chi connectivity index (χ0) is 50.2. The van der Waals surface area contributed by atoms with Crippen LogP contribution in [0.2, 0.25) is 0 Å². The van der Waals surface area contributed by atoms with Crippen LogP contribution in [0.5, 0.6) is 0 Å². The first-order valence-electron chi connectivity index (χ1n) is 25.8. The van der Waals surface area contributed by atoms with Crippen molar-refractivity contribution >= 4 is 94.4 Å². The number of fused-ring (bicyclic) bond motifs is 9. The third-order valence-corrected chi connectivity index (χ3v) is 20.1. The summed E-state index contributed by atoms with van der Waals surface area (Å²) in [5, 5.41) is 11.8. The minimum Gasteiger partial charge on any atom is -0.455 e. The minimum atomic E-state index is -2.95. The monoisotopic (exact) mass is 987 g/mol. The Kier molecular flexibility index (Phi) is 10.1. The lowest BCUT2D eigenvalue weighted by molar-refractivity contribution is 0.670. The van der Waals surface area contributed by atoms with Gasteiger partial charge in [0.05, 0.1) is 27.8 Å². The van der Waals surface area contributed by atoms with Crippen LogP contribution in [-0.4, -0.2) is 32.2 Å². The van der Waals surface area contributed by atoms with Gasteiger partial charge in [-0.3, -0.25) is 4.57 Å². The molecule has 76 heavy (non-hydrogen) atoms. The summed E-state index contributed by atoms with van der Waals surface area (Å²) in [7, 11) is -2.95. The van der Waals surface area contributed by atoms with Gasteiger partial charge >= 0.3 is 0 Å². The molecule has 15 rings (SSSR count). The first kappa shape index (κ1) is 43.6. The number of para-hydroxylation sites is 7. The zero-order valence-electron chi connectivity index (χ0n) is 41.1. The third kappa shape index (κ3) is 6.69. The highest BCUT2D eigenvalue weighted by molar-refractivity contribution is 7.19. The SMILES string of the molecule is c1ccc([Si](c2ccccc2)(c2ccccc2)c2cccc(-c3nc(-c4ccccc4-n4c5ccccc5c5ccccc54)nc(-n4c5ccccc5c5cccc(-c6cccc7c6oc6ccccc67)c54)n3)c2)cc1. The lowest BCUT2D eigenvalue weighted by atomic mass is 9.99. The van der Waals surface area contributed by atoms with Crippen LogP contribution in [0.3, 0.4) is 0 Å². The smallest absolute Gasteiger partial charge is 0.238 e. The fourth-order valence-electron chi connectivity index (χ4n) is 12.1. The summed E-state index contributed by atoms with van der Waals surface area (Å²) in [6.45, 7) is 0. The molecule has 0 spiro atoms. The standard InChI is InChI=1S/C69H45N5OSi/c1-4-24-47(25-5-1)76(48-26-6-2-7-27-48,49-28-8-3-9-29-49)50-30-20-23-46(45-50)67-70-68(59-35-13-18-43-63(59)73-60-40-15-10-31-51(60)52-32-11-16-41-61(52)73)72-69(71-67)74-62-42-17-12-33-53(62)55-36-21-37-56(65(55)74)58-39-22-38-57-54-34-14-19-44-64(54)75-66(57)58/h1-45H. The van der Waals surface area contributed by atoms with Gasteiger partial charge in [-0.2, -0.15) is 9.97 Å². The molecule has 0 radical (unpaired) electrons. The second-order valence-electron chi connectivity index (χ2n) is 19.4. The van der Waals surface area contributed by atoms with Crippen molar-refractivity contribution in [3.63, 3.8) is 0 Å². The molecule has 0 fully saturated rings. The van der Waals surface area contributed by atoms with E-state index >= 15 is 0 Å². The van der Waals surface area contributed by atoms with Crippen molar-refractivity contribution in [2.45, 2.75) is 0 Å². The lowest BCUT2D eigenvalue weighted by Gasteiger charge is -2.34. The van der Waals surface area contributed by atoms with Gasteiger partial charge < -0.3 is 8.98 Å². The summed E-state index contributed by atoms with van der Waals surface area (Å²) in [4.78, 5) is 16.9. The van der Waals surface area contributed by atoms with Crippen LogP contribution in [0.25, 0.3) is 111 Å². The highest BCUT2D eigenvalue weighted by Gasteiger charge is 2.41. The second kappa shape index (κ2) is 17.6. The number of rotatable bonds is 9. The van der Waals surface area contributed by atoms with E-state index in [4.69, 9.17) is 19.4 Å². The van der Waals surface area contributed by atoms with Crippen molar-refractivity contribution in [2.75, 3.05) is 0 Å². The van der Waals surface area contributed by atoms with Crippen molar-refractivity contribution in [1.82, 2.24) is 24.1 Å². The second-order valence-corrected chi connectivity index (χ2v) is 23.2. The average molecular weight is 988 g/mol. The first-order valence-corrected chi connectivity index (χ1v) is 27.8. The molecule has 6 nitrogen and oxygen atoms in total. The van der Waals surface area contributed by atoms with Crippen LogP contribution in [0.15, 0.2) is 277 Å². The highest BCUT2D eigenvalue weighted by atomic mass is 28.3. The average Bonchev–Trinajstić information content (AvgIpc) is 4.19. The molecule has 0 aliphatic carbocycles. The van der Waals surface area contributed by atoms with E-state index in [0.717, 1.165) is 82.7 Å². The Morgan fingerprint density at radius 1 is 0.316 bits per heavy atom. The number of furan rings is 1.